The number of rotatable bonds is 7. The Morgan fingerprint density at radius 2 is 0.684 bits per heavy atom. The van der Waals surface area contributed by atoms with Gasteiger partial charge in [-0.3, -0.25) is 0 Å². The van der Waals surface area contributed by atoms with E-state index in [-0.39, 0.29) is 0 Å². The summed E-state index contributed by atoms with van der Waals surface area (Å²) in [6.07, 6.45) is 0. The van der Waals surface area contributed by atoms with Gasteiger partial charge in [0, 0.05) is 108 Å². The van der Waals surface area contributed by atoms with E-state index in [9.17, 15) is 0 Å². The fourth-order valence-electron chi connectivity index (χ4n) is 12.1. The van der Waals surface area contributed by atoms with E-state index in [1.54, 1.807) is 0 Å². The maximum absolute atomic E-state index is 6.45. The number of aryl methyl sites for hydroxylation is 2. The lowest BCUT2D eigenvalue weighted by Crippen LogP contribution is -2.10. The van der Waals surface area contributed by atoms with Gasteiger partial charge in [0.1, 0.15) is 22.3 Å². The van der Waals surface area contributed by atoms with Crippen molar-refractivity contribution >= 4 is 163 Å². The zero-order valence-electron chi connectivity index (χ0n) is 41.5. The highest BCUT2D eigenvalue weighted by atomic mass is 32.1. The minimum atomic E-state index is 0.875. The van der Waals surface area contributed by atoms with Crippen molar-refractivity contribution in [2.45, 2.75) is 13.8 Å². The number of nitrogens with zero attached hydrogens (tertiary/aromatic N) is 2. The predicted octanol–water partition coefficient (Wildman–Crippen LogP) is 21.8. The maximum Gasteiger partial charge on any atom is 0.137 e. The number of thiophene rings is 2. The molecule has 0 saturated carbocycles. The van der Waals surface area contributed by atoms with Crippen molar-refractivity contribution in [3.63, 3.8) is 0 Å². The van der Waals surface area contributed by atoms with E-state index < -0.39 is 0 Å². The van der Waals surface area contributed by atoms with Gasteiger partial charge in [-0.1, -0.05) is 121 Å². The Hall–Kier alpha value is -9.20. The van der Waals surface area contributed by atoms with E-state index >= 15 is 0 Å². The summed E-state index contributed by atoms with van der Waals surface area (Å²) in [4.78, 5) is 4.78. The van der Waals surface area contributed by atoms with Crippen LogP contribution in [0.3, 0.4) is 0 Å². The summed E-state index contributed by atoms with van der Waals surface area (Å²) in [5, 5.41) is 14.5. The molecule has 0 unspecified atom stereocenters. The van der Waals surface area contributed by atoms with Gasteiger partial charge in [0.25, 0.3) is 0 Å². The van der Waals surface area contributed by atoms with Crippen LogP contribution in [0.15, 0.2) is 239 Å². The Balaban J connectivity index is 0.782. The monoisotopic (exact) mass is 1010 g/mol. The van der Waals surface area contributed by atoms with Crippen molar-refractivity contribution in [1.82, 2.24) is 0 Å². The quantitative estimate of drug-likeness (QED) is 0.159. The van der Waals surface area contributed by atoms with Crippen LogP contribution >= 0.6 is 22.7 Å². The molecule has 0 N–H and O–H groups in total. The maximum atomic E-state index is 6.45. The molecule has 0 spiro atoms. The molecule has 4 nitrogen and oxygen atoms in total. The van der Waals surface area contributed by atoms with Crippen molar-refractivity contribution in [2.75, 3.05) is 9.80 Å². The second-order valence-electron chi connectivity index (χ2n) is 20.1. The zero-order valence-corrected chi connectivity index (χ0v) is 43.1. The fourth-order valence-corrected chi connectivity index (χ4v) is 14.4. The molecule has 76 heavy (non-hydrogen) atoms. The topological polar surface area (TPSA) is 32.8 Å². The van der Waals surface area contributed by atoms with Gasteiger partial charge < -0.3 is 18.6 Å². The molecule has 0 radical (unpaired) electrons. The SMILES string of the molecule is Cc1cc(N(c2ccc3c(c2)oc2ccccc23)c2cccc3ccccc23)ccc1-c1cc2sc3cc4c(cc3c2cc1C)sc1cc(N(c2ccc3c(c2)oc2ccccc23)c2cccc3ccccc23)ccc14. The molecule has 0 amide bonds. The average molecular weight is 1010 g/mol. The van der Waals surface area contributed by atoms with Gasteiger partial charge in [0.05, 0.1) is 11.4 Å². The predicted molar refractivity (Wildman–Crippen MR) is 326 cm³/mol. The average Bonchev–Trinajstić information content (AvgIpc) is 4.22. The smallest absolute Gasteiger partial charge is 0.137 e. The number of furan rings is 2. The van der Waals surface area contributed by atoms with Crippen molar-refractivity contribution in [1.29, 1.82) is 0 Å². The first-order chi connectivity index (χ1) is 37.5. The lowest BCUT2D eigenvalue weighted by atomic mass is 9.94. The van der Waals surface area contributed by atoms with Crippen LogP contribution in [0.25, 0.3) is 117 Å². The van der Waals surface area contributed by atoms with E-state index in [2.05, 4.69) is 230 Å². The van der Waals surface area contributed by atoms with Crippen LogP contribution < -0.4 is 9.80 Å². The van der Waals surface area contributed by atoms with E-state index in [1.165, 1.54) is 84.1 Å². The zero-order chi connectivity index (χ0) is 50.2. The van der Waals surface area contributed by atoms with Gasteiger partial charge >= 0.3 is 0 Å². The molecule has 0 aliphatic carbocycles. The molecule has 16 rings (SSSR count). The third-order valence-electron chi connectivity index (χ3n) is 15.7. The molecule has 358 valence electrons. The van der Waals surface area contributed by atoms with Crippen molar-refractivity contribution < 1.29 is 8.83 Å². The number of fused-ring (bicyclic) bond motifs is 14. The first kappa shape index (κ1) is 43.2. The Morgan fingerprint density at radius 1 is 0.276 bits per heavy atom. The standard InChI is InChI=1S/C70H44N2O2S2/c1-41-33-45(71(61-21-11-15-43-13-3-5-17-50(43)61)46-26-30-54-52-19-7-9-23-63(52)73-65(54)35-46)25-29-49(41)57-38-68-58(34-42(57)2)60-40-69-59(39-70(60)76-68)56-32-28-48(37-67(56)75-69)72(62-22-12-16-44-14-4-6-18-51(44)62)47-27-31-55-53-20-8-10-24-64(53)74-66(55)36-47/h3-40H,1-2H3. The molecule has 16 aromatic rings. The summed E-state index contributed by atoms with van der Waals surface area (Å²) in [5.74, 6) is 0. The highest BCUT2D eigenvalue weighted by Crippen LogP contribution is 2.48. The largest absolute Gasteiger partial charge is 0.456 e. The van der Waals surface area contributed by atoms with E-state index in [1.807, 2.05) is 46.9 Å². The molecule has 0 aliphatic heterocycles. The minimum Gasteiger partial charge on any atom is -0.456 e. The normalized spacial score (nSPS) is 12.1. The molecule has 0 aliphatic rings. The Morgan fingerprint density at radius 3 is 1.26 bits per heavy atom. The number of hydrogen-bond acceptors (Lipinski definition) is 6. The lowest BCUT2D eigenvalue weighted by molar-refractivity contribution is 0.668. The first-order valence-electron chi connectivity index (χ1n) is 25.8. The first-order valence-corrected chi connectivity index (χ1v) is 27.4. The summed E-state index contributed by atoms with van der Waals surface area (Å²) in [6, 6.07) is 84.0. The van der Waals surface area contributed by atoms with Crippen LogP contribution in [0.5, 0.6) is 0 Å². The van der Waals surface area contributed by atoms with Gasteiger partial charge in [-0.25, -0.2) is 0 Å². The van der Waals surface area contributed by atoms with Crippen LogP contribution in [0, 0.1) is 13.8 Å². The molecule has 4 heterocycles. The Bertz CT molecular complexity index is 5060. The summed E-state index contributed by atoms with van der Waals surface area (Å²) in [6.45, 7) is 4.52. The number of para-hydroxylation sites is 2. The van der Waals surface area contributed by atoms with E-state index in [0.29, 0.717) is 0 Å². The third kappa shape index (κ3) is 6.67. The van der Waals surface area contributed by atoms with Crippen LogP contribution in [-0.2, 0) is 0 Å². The minimum absolute atomic E-state index is 0.875. The Labute approximate surface area is 445 Å². The van der Waals surface area contributed by atoms with Gasteiger partial charge in [0.15, 0.2) is 0 Å². The summed E-state index contributed by atoms with van der Waals surface area (Å²) >= 11 is 3.77. The molecule has 6 heteroatoms. The summed E-state index contributed by atoms with van der Waals surface area (Å²) < 4.78 is 18.1. The highest BCUT2D eigenvalue weighted by Gasteiger charge is 2.22. The summed E-state index contributed by atoms with van der Waals surface area (Å²) in [5.41, 5.74) is 15.1. The van der Waals surface area contributed by atoms with Gasteiger partial charge in [-0.2, -0.15) is 0 Å². The van der Waals surface area contributed by atoms with Gasteiger partial charge in [-0.05, 0) is 144 Å². The second-order valence-corrected chi connectivity index (χ2v) is 22.3. The van der Waals surface area contributed by atoms with Crippen LogP contribution in [0.4, 0.5) is 34.1 Å². The van der Waals surface area contributed by atoms with Gasteiger partial charge in [-0.15, -0.1) is 22.7 Å². The number of benzene rings is 12. The lowest BCUT2D eigenvalue weighted by Gasteiger charge is -2.27. The van der Waals surface area contributed by atoms with Crippen molar-refractivity contribution in [3.8, 4) is 11.1 Å². The van der Waals surface area contributed by atoms with Gasteiger partial charge in [0.2, 0.25) is 0 Å². The van der Waals surface area contributed by atoms with Crippen LogP contribution in [0.2, 0.25) is 0 Å². The molecule has 0 bridgehead atoms. The van der Waals surface area contributed by atoms with Crippen LogP contribution in [-0.4, -0.2) is 0 Å². The molecular formula is C70H44N2O2S2. The van der Waals surface area contributed by atoms with Crippen molar-refractivity contribution in [3.05, 3.63) is 242 Å². The second kappa shape index (κ2) is 16.7. The fraction of sp³-hybridized carbons (Fsp3) is 0.0286. The summed E-state index contributed by atoms with van der Waals surface area (Å²) in [7, 11) is 0. The highest BCUT2D eigenvalue weighted by molar-refractivity contribution is 7.27. The van der Waals surface area contributed by atoms with E-state index in [4.69, 9.17) is 8.83 Å². The van der Waals surface area contributed by atoms with E-state index in [0.717, 1.165) is 78.0 Å². The molecule has 0 fully saturated rings. The molecule has 0 saturated heterocycles. The van der Waals surface area contributed by atoms with Crippen molar-refractivity contribution in [2.24, 2.45) is 0 Å². The molecule has 0 atom stereocenters. The molecule has 12 aromatic carbocycles. The Kier molecular flexibility index (Phi) is 9.47. The number of anilines is 6. The number of hydrogen-bond donors (Lipinski definition) is 0. The van der Waals surface area contributed by atoms with Crippen LogP contribution in [0.1, 0.15) is 11.1 Å². The third-order valence-corrected chi connectivity index (χ3v) is 17.9. The molecule has 4 aromatic heterocycles. The molecular weight excluding hydrogens is 965 g/mol.